The largest absolute Gasteiger partial charge is 0.467 e. The Balaban J connectivity index is 2.70. The third kappa shape index (κ3) is 6.78. The lowest BCUT2D eigenvalue weighted by molar-refractivity contribution is -0.400. The zero-order chi connectivity index (χ0) is 16.8. The molecule has 1 aromatic carbocycles. The molecule has 0 aliphatic heterocycles. The van der Waals surface area contributed by atoms with Crippen molar-refractivity contribution in [2.24, 2.45) is 0 Å². The van der Waals surface area contributed by atoms with Crippen molar-refractivity contribution in [2.45, 2.75) is 25.7 Å². The Morgan fingerprint density at radius 2 is 2.00 bits per heavy atom. The average Bonchev–Trinajstić information content (AvgIpc) is 2.40. The van der Waals surface area contributed by atoms with Crippen LogP contribution in [0.2, 0.25) is 35.7 Å². The number of benzene rings is 1. The molecule has 0 spiro atoms. The Morgan fingerprint density at radius 1 is 1.32 bits per heavy atom. The third-order valence-electron chi connectivity index (χ3n) is 2.75. The topological polar surface area (TPSA) is 61.6 Å². The van der Waals surface area contributed by atoms with Crippen LogP contribution in [0, 0.1) is 10.1 Å². The highest BCUT2D eigenvalue weighted by Gasteiger charge is 2.13. The summed E-state index contributed by atoms with van der Waals surface area (Å²) in [7, 11) is -1.14. The van der Waals surface area contributed by atoms with E-state index in [-0.39, 0.29) is 11.8 Å². The molecule has 0 saturated carbocycles. The highest BCUT2D eigenvalue weighted by molar-refractivity contribution is 6.76. The van der Waals surface area contributed by atoms with Crippen LogP contribution in [0.5, 0.6) is 5.75 Å². The number of nitro groups is 1. The van der Waals surface area contributed by atoms with Gasteiger partial charge >= 0.3 is 0 Å². The molecule has 0 amide bonds. The molecule has 22 heavy (non-hydrogen) atoms. The van der Waals surface area contributed by atoms with Crippen LogP contribution in [0.1, 0.15) is 5.56 Å². The first kappa shape index (κ1) is 19.0. The van der Waals surface area contributed by atoms with Crippen molar-refractivity contribution >= 4 is 37.4 Å². The van der Waals surface area contributed by atoms with E-state index in [1.807, 2.05) is 0 Å². The molecule has 0 aliphatic rings. The maximum atomic E-state index is 10.5. The normalized spacial score (nSPS) is 11.9. The lowest BCUT2D eigenvalue weighted by atomic mass is 10.2. The molecule has 0 N–H and O–H groups in total. The summed E-state index contributed by atoms with van der Waals surface area (Å²) in [5, 5.41) is 11.0. The van der Waals surface area contributed by atoms with Crippen LogP contribution < -0.4 is 4.74 Å². The molecule has 0 heterocycles. The van der Waals surface area contributed by atoms with Crippen LogP contribution in [-0.4, -0.2) is 26.4 Å². The zero-order valence-electron chi connectivity index (χ0n) is 12.8. The zero-order valence-corrected chi connectivity index (χ0v) is 15.3. The maximum absolute atomic E-state index is 10.5. The molecule has 8 heteroatoms. The fourth-order valence-electron chi connectivity index (χ4n) is 1.51. The quantitative estimate of drug-likeness (QED) is 0.216. The Bertz CT molecular complexity index is 559. The molecule has 0 radical (unpaired) electrons. The predicted molar refractivity (Wildman–Crippen MR) is 92.1 cm³/mol. The van der Waals surface area contributed by atoms with E-state index in [0.29, 0.717) is 22.9 Å². The molecule has 0 aromatic heterocycles. The monoisotopic (exact) mass is 363 g/mol. The second kappa shape index (κ2) is 8.52. The second-order valence-electron chi connectivity index (χ2n) is 5.86. The summed E-state index contributed by atoms with van der Waals surface area (Å²) in [5.41, 5.74) is 0.361. The van der Waals surface area contributed by atoms with E-state index in [2.05, 4.69) is 19.6 Å². The first-order valence-electron chi connectivity index (χ1n) is 6.71. The van der Waals surface area contributed by atoms with Gasteiger partial charge in [0.25, 0.3) is 0 Å². The van der Waals surface area contributed by atoms with Crippen molar-refractivity contribution in [1.82, 2.24) is 0 Å². The smallest absolute Gasteiger partial charge is 0.235 e. The van der Waals surface area contributed by atoms with Crippen LogP contribution in [0.25, 0.3) is 6.08 Å². The summed E-state index contributed by atoms with van der Waals surface area (Å²) in [6.45, 7) is 7.46. The van der Waals surface area contributed by atoms with Gasteiger partial charge in [-0.05, 0) is 18.2 Å². The summed E-state index contributed by atoms with van der Waals surface area (Å²) < 4.78 is 10.9. The molecule has 0 atom stereocenters. The Labute approximate surface area is 141 Å². The predicted octanol–water partition coefficient (Wildman–Crippen LogP) is 4.93. The first-order valence-corrected chi connectivity index (χ1v) is 11.2. The van der Waals surface area contributed by atoms with E-state index < -0.39 is 13.0 Å². The number of halogens is 2. The second-order valence-corrected chi connectivity index (χ2v) is 12.3. The Kier molecular flexibility index (Phi) is 7.35. The lowest BCUT2D eigenvalue weighted by Gasteiger charge is -2.16. The van der Waals surface area contributed by atoms with Crippen LogP contribution >= 0.6 is 23.2 Å². The summed E-state index contributed by atoms with van der Waals surface area (Å²) in [6, 6.07) is 4.21. The van der Waals surface area contributed by atoms with Crippen molar-refractivity contribution < 1.29 is 14.4 Å². The van der Waals surface area contributed by atoms with Gasteiger partial charge in [0.05, 0.1) is 15.0 Å². The molecule has 5 nitrogen and oxygen atoms in total. The third-order valence-corrected chi connectivity index (χ3v) is 5.27. The van der Waals surface area contributed by atoms with Gasteiger partial charge in [-0.2, -0.15) is 0 Å². The number of hydrogen-bond donors (Lipinski definition) is 0. The number of nitrogens with zero attached hydrogens (tertiary/aromatic N) is 1. The van der Waals surface area contributed by atoms with Crippen molar-refractivity contribution in [3.05, 3.63) is 44.1 Å². The van der Waals surface area contributed by atoms with Gasteiger partial charge in [-0.15, -0.1) is 0 Å². The number of hydrogen-bond acceptors (Lipinski definition) is 4. The molecular formula is C14H19Cl2NO4Si. The minimum absolute atomic E-state index is 0.0573. The van der Waals surface area contributed by atoms with E-state index in [1.165, 1.54) is 6.08 Å². The number of ether oxygens (including phenoxy) is 2. The van der Waals surface area contributed by atoms with Gasteiger partial charge in [0.2, 0.25) is 6.20 Å². The SMILES string of the molecule is C[Si](C)(C)CCOCOc1ccc(Cl)c(Cl)c1C=C[N+](=O)[O-]. The molecule has 1 aromatic rings. The summed E-state index contributed by atoms with van der Waals surface area (Å²) >= 11 is 12.0. The van der Waals surface area contributed by atoms with Crippen LogP contribution in [0.3, 0.4) is 0 Å². The minimum atomic E-state index is -1.14. The van der Waals surface area contributed by atoms with Gasteiger partial charge < -0.3 is 9.47 Å². The Hall–Kier alpha value is -1.08. The van der Waals surface area contributed by atoms with Gasteiger partial charge in [0.1, 0.15) is 5.75 Å². The van der Waals surface area contributed by atoms with Crippen molar-refractivity contribution in [3.8, 4) is 5.75 Å². The fraction of sp³-hybridized carbons (Fsp3) is 0.429. The standard InChI is InChI=1S/C14H19Cl2NO4Si/c1-22(2,3)9-8-20-10-21-13-5-4-12(15)14(16)11(13)6-7-17(18)19/h4-7H,8-10H2,1-3H3. The van der Waals surface area contributed by atoms with E-state index in [1.54, 1.807) is 12.1 Å². The highest BCUT2D eigenvalue weighted by atomic mass is 35.5. The number of rotatable bonds is 8. The summed E-state index contributed by atoms with van der Waals surface area (Å²) in [6.07, 6.45) is 2.04. The fourth-order valence-corrected chi connectivity index (χ4v) is 2.65. The van der Waals surface area contributed by atoms with Crippen LogP contribution in [0.4, 0.5) is 0 Å². The van der Waals surface area contributed by atoms with E-state index in [0.717, 1.165) is 12.2 Å². The maximum Gasteiger partial charge on any atom is 0.235 e. The molecule has 122 valence electrons. The van der Waals surface area contributed by atoms with E-state index >= 15 is 0 Å². The summed E-state index contributed by atoms with van der Waals surface area (Å²) in [4.78, 5) is 9.88. The molecule has 0 fully saturated rings. The van der Waals surface area contributed by atoms with Gasteiger partial charge in [-0.25, -0.2) is 0 Å². The Morgan fingerprint density at radius 3 is 2.59 bits per heavy atom. The van der Waals surface area contributed by atoms with Gasteiger partial charge in [-0.1, -0.05) is 42.8 Å². The molecular weight excluding hydrogens is 345 g/mol. The van der Waals surface area contributed by atoms with E-state index in [4.69, 9.17) is 32.7 Å². The lowest BCUT2D eigenvalue weighted by Crippen LogP contribution is -2.22. The molecule has 0 unspecified atom stereocenters. The van der Waals surface area contributed by atoms with Gasteiger partial charge in [-0.3, -0.25) is 10.1 Å². The average molecular weight is 364 g/mol. The molecule has 1 rings (SSSR count). The molecule has 0 aliphatic carbocycles. The summed E-state index contributed by atoms with van der Waals surface area (Å²) in [5.74, 6) is 0.389. The van der Waals surface area contributed by atoms with Crippen LogP contribution in [0.15, 0.2) is 18.3 Å². The molecule has 0 bridgehead atoms. The first-order chi connectivity index (χ1) is 10.2. The van der Waals surface area contributed by atoms with Crippen molar-refractivity contribution in [3.63, 3.8) is 0 Å². The van der Waals surface area contributed by atoms with E-state index in [9.17, 15) is 10.1 Å². The van der Waals surface area contributed by atoms with Crippen LogP contribution in [-0.2, 0) is 4.74 Å². The minimum Gasteiger partial charge on any atom is -0.467 e. The van der Waals surface area contributed by atoms with Gasteiger partial charge in [0.15, 0.2) is 6.79 Å². The van der Waals surface area contributed by atoms with Crippen molar-refractivity contribution in [2.75, 3.05) is 13.4 Å². The van der Waals surface area contributed by atoms with Crippen molar-refractivity contribution in [1.29, 1.82) is 0 Å². The molecule has 0 saturated heterocycles. The highest BCUT2D eigenvalue weighted by Crippen LogP contribution is 2.34. The van der Waals surface area contributed by atoms with Gasteiger partial charge in [0, 0.05) is 26.3 Å².